The smallest absolute Gasteiger partial charge is 0.325 e. The Bertz CT molecular complexity index is 1150. The summed E-state index contributed by atoms with van der Waals surface area (Å²) in [7, 11) is 0. The van der Waals surface area contributed by atoms with Crippen LogP contribution in [-0.4, -0.2) is 41.5 Å². The molecule has 1 saturated carbocycles. The van der Waals surface area contributed by atoms with Crippen LogP contribution in [0.1, 0.15) is 63.2 Å². The second kappa shape index (κ2) is 11.1. The minimum absolute atomic E-state index is 0.0978. The van der Waals surface area contributed by atoms with Gasteiger partial charge in [-0.3, -0.25) is 19.2 Å². The van der Waals surface area contributed by atoms with E-state index in [0.717, 1.165) is 32.1 Å². The van der Waals surface area contributed by atoms with Crippen LogP contribution in [0.4, 0.5) is 15.8 Å². The first kappa shape index (κ1) is 25.2. The lowest BCUT2D eigenvalue weighted by molar-refractivity contribution is -0.141. The van der Waals surface area contributed by atoms with Crippen LogP contribution in [0.15, 0.2) is 17.1 Å². The zero-order valence-electron chi connectivity index (χ0n) is 19.8. The molecule has 0 atom stereocenters. The molecule has 1 aliphatic rings. The van der Waals surface area contributed by atoms with Gasteiger partial charge < -0.3 is 25.3 Å². The second-order valence-electron chi connectivity index (χ2n) is 8.31. The number of amides is 2. The number of hydrogen-bond acceptors (Lipinski definition) is 6. The number of hydrogen-bond donors (Lipinski definition) is 3. The number of halogens is 1. The van der Waals surface area contributed by atoms with E-state index in [1.54, 1.807) is 17.6 Å². The first-order valence-electron chi connectivity index (χ1n) is 11.6. The minimum Gasteiger partial charge on any atom is -0.465 e. The standard InChI is InChI=1S/C24H31FN4O5/c1-4-29-13-16(24(33)26-12-19(31)34-5-2)23(32)20-18(29)11-17(21(25)22(20)27-14(3)30)28-15-9-7-6-8-10-15/h11,13,15,28H,4-10,12H2,1-3H3,(H,26,33)(H,27,30). The van der Waals surface area contributed by atoms with Crippen molar-refractivity contribution < 1.29 is 23.5 Å². The van der Waals surface area contributed by atoms with Crippen molar-refractivity contribution >= 4 is 40.1 Å². The van der Waals surface area contributed by atoms with Crippen LogP contribution in [0.2, 0.25) is 0 Å². The van der Waals surface area contributed by atoms with E-state index in [9.17, 15) is 19.2 Å². The molecule has 0 radical (unpaired) electrons. The van der Waals surface area contributed by atoms with Gasteiger partial charge in [-0.2, -0.15) is 0 Å². The van der Waals surface area contributed by atoms with E-state index in [2.05, 4.69) is 16.0 Å². The Morgan fingerprint density at radius 1 is 1.18 bits per heavy atom. The number of anilines is 2. The first-order valence-corrected chi connectivity index (χ1v) is 11.6. The van der Waals surface area contributed by atoms with Gasteiger partial charge in [-0.1, -0.05) is 19.3 Å². The quantitative estimate of drug-likeness (QED) is 0.506. The molecule has 1 fully saturated rings. The van der Waals surface area contributed by atoms with Crippen molar-refractivity contribution in [1.29, 1.82) is 0 Å². The van der Waals surface area contributed by atoms with Crippen molar-refractivity contribution in [1.82, 2.24) is 9.88 Å². The number of fused-ring (bicyclic) bond motifs is 1. The maximum atomic E-state index is 15.6. The van der Waals surface area contributed by atoms with Crippen LogP contribution in [-0.2, 0) is 20.9 Å². The third kappa shape index (κ3) is 5.55. The van der Waals surface area contributed by atoms with E-state index in [-0.39, 0.29) is 35.0 Å². The van der Waals surface area contributed by atoms with Gasteiger partial charge in [0.25, 0.3) is 5.91 Å². The number of aryl methyl sites for hydroxylation is 1. The molecule has 10 heteroatoms. The molecule has 1 aliphatic carbocycles. The molecule has 0 aliphatic heterocycles. The lowest BCUT2D eigenvalue weighted by atomic mass is 9.95. The summed E-state index contributed by atoms with van der Waals surface area (Å²) in [6.07, 6.45) is 6.45. The number of nitrogens with one attached hydrogen (secondary N) is 3. The summed E-state index contributed by atoms with van der Waals surface area (Å²) in [4.78, 5) is 49.5. The Hall–Kier alpha value is -3.43. The molecule has 34 heavy (non-hydrogen) atoms. The number of benzene rings is 1. The number of esters is 1. The van der Waals surface area contributed by atoms with Crippen molar-refractivity contribution in [3.8, 4) is 0 Å². The maximum Gasteiger partial charge on any atom is 0.325 e. The lowest BCUT2D eigenvalue weighted by Crippen LogP contribution is -2.34. The highest BCUT2D eigenvalue weighted by Crippen LogP contribution is 2.33. The highest BCUT2D eigenvalue weighted by Gasteiger charge is 2.24. The molecule has 0 bridgehead atoms. The van der Waals surface area contributed by atoms with Crippen molar-refractivity contribution in [3.05, 3.63) is 33.9 Å². The Balaban J connectivity index is 2.12. The summed E-state index contributed by atoms with van der Waals surface area (Å²) in [6.45, 7) is 4.80. The molecular formula is C24H31FN4O5. The number of pyridine rings is 1. The van der Waals surface area contributed by atoms with Gasteiger partial charge in [0.05, 0.1) is 28.9 Å². The van der Waals surface area contributed by atoms with Crippen LogP contribution in [0.5, 0.6) is 0 Å². The van der Waals surface area contributed by atoms with Gasteiger partial charge in [-0.15, -0.1) is 0 Å². The average Bonchev–Trinajstić information content (AvgIpc) is 2.81. The number of carbonyl (C=O) groups is 3. The highest BCUT2D eigenvalue weighted by atomic mass is 19.1. The fourth-order valence-corrected chi connectivity index (χ4v) is 4.27. The van der Waals surface area contributed by atoms with Crippen molar-refractivity contribution in [2.75, 3.05) is 23.8 Å². The van der Waals surface area contributed by atoms with Gasteiger partial charge in [0.1, 0.15) is 12.1 Å². The number of carbonyl (C=O) groups excluding carboxylic acids is 3. The summed E-state index contributed by atoms with van der Waals surface area (Å²) in [6, 6.07) is 1.65. The van der Waals surface area contributed by atoms with E-state index < -0.39 is 35.6 Å². The van der Waals surface area contributed by atoms with Gasteiger partial charge in [0.15, 0.2) is 5.82 Å². The molecule has 9 nitrogen and oxygen atoms in total. The molecule has 2 aromatic rings. The minimum atomic E-state index is -0.791. The molecule has 1 aromatic carbocycles. The monoisotopic (exact) mass is 474 g/mol. The molecule has 2 amide bonds. The van der Waals surface area contributed by atoms with Crippen molar-refractivity contribution in [2.45, 2.75) is 65.5 Å². The highest BCUT2D eigenvalue weighted by molar-refractivity contribution is 6.06. The van der Waals surface area contributed by atoms with Crippen molar-refractivity contribution in [3.63, 3.8) is 0 Å². The number of aromatic nitrogens is 1. The van der Waals surface area contributed by atoms with Crippen LogP contribution in [0.25, 0.3) is 10.9 Å². The summed E-state index contributed by atoms with van der Waals surface area (Å²) < 4.78 is 22.1. The molecule has 1 heterocycles. The maximum absolute atomic E-state index is 15.6. The second-order valence-corrected chi connectivity index (χ2v) is 8.31. The SMILES string of the molecule is CCOC(=O)CNC(=O)c1cn(CC)c2cc(NC3CCCCC3)c(F)c(NC(C)=O)c2c1=O. The van der Waals surface area contributed by atoms with Gasteiger partial charge in [-0.05, 0) is 32.8 Å². The predicted octanol–water partition coefficient (Wildman–Crippen LogP) is 3.16. The first-order chi connectivity index (χ1) is 16.3. The molecule has 0 spiro atoms. The third-order valence-electron chi connectivity index (χ3n) is 5.86. The van der Waals surface area contributed by atoms with Gasteiger partial charge in [0.2, 0.25) is 11.3 Å². The predicted molar refractivity (Wildman–Crippen MR) is 128 cm³/mol. The molecule has 3 N–H and O–H groups in total. The van der Waals surface area contributed by atoms with E-state index in [1.807, 2.05) is 6.92 Å². The van der Waals surface area contributed by atoms with Crippen LogP contribution in [0, 0.1) is 5.82 Å². The Morgan fingerprint density at radius 2 is 1.88 bits per heavy atom. The van der Waals surface area contributed by atoms with Crippen molar-refractivity contribution in [2.24, 2.45) is 0 Å². The summed E-state index contributed by atoms with van der Waals surface area (Å²) >= 11 is 0. The van der Waals surface area contributed by atoms with E-state index in [4.69, 9.17) is 4.74 Å². The van der Waals surface area contributed by atoms with E-state index >= 15 is 4.39 Å². The summed E-state index contributed by atoms with van der Waals surface area (Å²) in [5, 5.41) is 7.94. The van der Waals surface area contributed by atoms with E-state index in [1.165, 1.54) is 13.1 Å². The van der Waals surface area contributed by atoms with Gasteiger partial charge in [0, 0.05) is 25.7 Å². The fraction of sp³-hybridized carbons (Fsp3) is 0.500. The number of rotatable bonds is 8. The zero-order chi connectivity index (χ0) is 24.8. The Morgan fingerprint density at radius 3 is 2.50 bits per heavy atom. The Labute approximate surface area is 197 Å². The Kier molecular flexibility index (Phi) is 8.25. The molecule has 1 aromatic heterocycles. The normalized spacial score (nSPS) is 14.0. The third-order valence-corrected chi connectivity index (χ3v) is 5.86. The molecular weight excluding hydrogens is 443 g/mol. The largest absolute Gasteiger partial charge is 0.465 e. The van der Waals surface area contributed by atoms with Crippen LogP contribution >= 0.6 is 0 Å². The molecule has 0 saturated heterocycles. The molecule has 3 rings (SSSR count). The number of nitrogens with zero attached hydrogens (tertiary/aromatic N) is 1. The molecule has 184 valence electrons. The topological polar surface area (TPSA) is 119 Å². The summed E-state index contributed by atoms with van der Waals surface area (Å²) in [5.41, 5.74) is -0.691. The lowest BCUT2D eigenvalue weighted by Gasteiger charge is -2.25. The summed E-state index contributed by atoms with van der Waals surface area (Å²) in [5.74, 6) is -2.73. The number of ether oxygens (including phenoxy) is 1. The average molecular weight is 475 g/mol. The van der Waals surface area contributed by atoms with Crippen LogP contribution in [0.3, 0.4) is 0 Å². The fourth-order valence-electron chi connectivity index (χ4n) is 4.27. The van der Waals surface area contributed by atoms with Gasteiger partial charge >= 0.3 is 5.97 Å². The van der Waals surface area contributed by atoms with E-state index in [0.29, 0.717) is 12.1 Å². The molecule has 0 unspecified atom stereocenters. The van der Waals surface area contributed by atoms with Gasteiger partial charge in [-0.25, -0.2) is 4.39 Å². The van der Waals surface area contributed by atoms with Crippen LogP contribution < -0.4 is 21.4 Å². The zero-order valence-corrected chi connectivity index (χ0v) is 19.8.